The van der Waals surface area contributed by atoms with Crippen LogP contribution in [0.25, 0.3) is 0 Å². The minimum atomic E-state index is -0.572. The molecular weight excluding hydrogens is 392 g/mol. The van der Waals surface area contributed by atoms with E-state index < -0.39 is 11.7 Å². The lowest BCUT2D eigenvalue weighted by molar-refractivity contribution is 0.0635. The standard InChI is InChI=1S/C25H26N2O4/c1-25(2,3)31-24(29)27-21-14-12-20(13-15-21)26-23(28)19-10-7-11-22(16-19)30-17-18-8-5-4-6-9-18/h4-16H,17H2,1-3H3,(H,26,28)(H,27,29). The molecule has 0 aliphatic carbocycles. The topological polar surface area (TPSA) is 76.7 Å². The molecule has 6 heteroatoms. The molecule has 31 heavy (non-hydrogen) atoms. The van der Waals surface area contributed by atoms with E-state index in [1.165, 1.54) is 0 Å². The van der Waals surface area contributed by atoms with Crippen LogP contribution < -0.4 is 15.4 Å². The van der Waals surface area contributed by atoms with Crippen LogP contribution in [0.5, 0.6) is 5.75 Å². The van der Waals surface area contributed by atoms with Gasteiger partial charge in [0.25, 0.3) is 5.91 Å². The summed E-state index contributed by atoms with van der Waals surface area (Å²) in [7, 11) is 0. The number of carbonyl (C=O) groups excluding carboxylic acids is 2. The molecule has 2 amide bonds. The Balaban J connectivity index is 1.56. The first-order valence-electron chi connectivity index (χ1n) is 9.97. The lowest BCUT2D eigenvalue weighted by Gasteiger charge is -2.19. The fraction of sp³-hybridized carbons (Fsp3) is 0.200. The van der Waals surface area contributed by atoms with Gasteiger partial charge in [-0.1, -0.05) is 36.4 Å². The zero-order valence-corrected chi connectivity index (χ0v) is 17.8. The van der Waals surface area contributed by atoms with Gasteiger partial charge in [0.2, 0.25) is 0 Å². The van der Waals surface area contributed by atoms with Gasteiger partial charge in [0, 0.05) is 16.9 Å². The van der Waals surface area contributed by atoms with E-state index in [9.17, 15) is 9.59 Å². The number of nitrogens with one attached hydrogen (secondary N) is 2. The molecule has 6 nitrogen and oxygen atoms in total. The van der Waals surface area contributed by atoms with Crippen molar-refractivity contribution in [3.8, 4) is 5.75 Å². The van der Waals surface area contributed by atoms with Crippen molar-refractivity contribution in [3.05, 3.63) is 90.0 Å². The molecule has 0 unspecified atom stereocenters. The molecule has 0 saturated carbocycles. The highest BCUT2D eigenvalue weighted by atomic mass is 16.6. The highest BCUT2D eigenvalue weighted by Gasteiger charge is 2.16. The van der Waals surface area contributed by atoms with Gasteiger partial charge in [0.15, 0.2) is 0 Å². The quantitative estimate of drug-likeness (QED) is 0.525. The van der Waals surface area contributed by atoms with Crippen LogP contribution in [0.4, 0.5) is 16.2 Å². The molecule has 0 radical (unpaired) electrons. The van der Waals surface area contributed by atoms with Crippen molar-refractivity contribution in [3.63, 3.8) is 0 Å². The summed E-state index contributed by atoms with van der Waals surface area (Å²) in [6, 6.07) is 23.7. The third-order valence-electron chi connectivity index (χ3n) is 4.13. The summed E-state index contributed by atoms with van der Waals surface area (Å²) in [5, 5.41) is 5.49. The lowest BCUT2D eigenvalue weighted by atomic mass is 10.2. The Kier molecular flexibility index (Phi) is 6.92. The molecule has 0 aromatic heterocycles. The highest BCUT2D eigenvalue weighted by molar-refractivity contribution is 6.04. The Morgan fingerprint density at radius 1 is 0.806 bits per heavy atom. The number of hydrogen-bond donors (Lipinski definition) is 2. The maximum atomic E-state index is 12.6. The molecule has 3 aromatic carbocycles. The summed E-state index contributed by atoms with van der Waals surface area (Å²) in [5.41, 5.74) is 2.15. The molecule has 0 bridgehead atoms. The maximum Gasteiger partial charge on any atom is 0.412 e. The van der Waals surface area contributed by atoms with Crippen LogP contribution in [-0.2, 0) is 11.3 Å². The maximum absolute atomic E-state index is 12.6. The Morgan fingerprint density at radius 2 is 1.45 bits per heavy atom. The van der Waals surface area contributed by atoms with Gasteiger partial charge >= 0.3 is 6.09 Å². The van der Waals surface area contributed by atoms with Crippen LogP contribution in [0.15, 0.2) is 78.9 Å². The SMILES string of the molecule is CC(C)(C)OC(=O)Nc1ccc(NC(=O)c2cccc(OCc3ccccc3)c2)cc1. The van der Waals surface area contributed by atoms with Crippen molar-refractivity contribution >= 4 is 23.4 Å². The first kappa shape index (κ1) is 21.9. The summed E-state index contributed by atoms with van der Waals surface area (Å²) in [6.45, 7) is 5.82. The number of anilines is 2. The molecule has 0 aliphatic heterocycles. The second-order valence-corrected chi connectivity index (χ2v) is 7.96. The third kappa shape index (κ3) is 7.19. The van der Waals surface area contributed by atoms with Gasteiger partial charge in [0.1, 0.15) is 18.0 Å². The second-order valence-electron chi connectivity index (χ2n) is 7.96. The lowest BCUT2D eigenvalue weighted by Crippen LogP contribution is -2.27. The number of ether oxygens (including phenoxy) is 2. The van der Waals surface area contributed by atoms with Gasteiger partial charge < -0.3 is 14.8 Å². The van der Waals surface area contributed by atoms with Crippen molar-refractivity contribution in [1.29, 1.82) is 0 Å². The minimum Gasteiger partial charge on any atom is -0.489 e. The minimum absolute atomic E-state index is 0.252. The second kappa shape index (κ2) is 9.80. The molecule has 0 heterocycles. The zero-order valence-electron chi connectivity index (χ0n) is 17.8. The summed E-state index contributed by atoms with van der Waals surface area (Å²) >= 11 is 0. The Morgan fingerprint density at radius 3 is 2.10 bits per heavy atom. The number of hydrogen-bond acceptors (Lipinski definition) is 4. The van der Waals surface area contributed by atoms with Gasteiger partial charge in [-0.25, -0.2) is 4.79 Å². The number of rotatable bonds is 6. The molecule has 0 aliphatic rings. The molecule has 0 saturated heterocycles. The fourth-order valence-electron chi connectivity index (χ4n) is 2.73. The van der Waals surface area contributed by atoms with Crippen molar-refractivity contribution in [2.45, 2.75) is 33.0 Å². The van der Waals surface area contributed by atoms with E-state index in [2.05, 4.69) is 10.6 Å². The molecule has 3 aromatic rings. The van der Waals surface area contributed by atoms with Gasteiger partial charge in [-0.3, -0.25) is 10.1 Å². The van der Waals surface area contributed by atoms with E-state index in [-0.39, 0.29) is 5.91 Å². The van der Waals surface area contributed by atoms with Crippen molar-refractivity contribution in [2.75, 3.05) is 10.6 Å². The molecule has 0 spiro atoms. The summed E-state index contributed by atoms with van der Waals surface area (Å²) in [5.74, 6) is 0.367. The highest BCUT2D eigenvalue weighted by Crippen LogP contribution is 2.19. The summed E-state index contributed by atoms with van der Waals surface area (Å²) in [6.07, 6.45) is -0.531. The predicted molar refractivity (Wildman–Crippen MR) is 121 cm³/mol. The van der Waals surface area contributed by atoms with Crippen LogP contribution in [-0.4, -0.2) is 17.6 Å². The van der Waals surface area contributed by atoms with E-state index in [1.807, 2.05) is 36.4 Å². The van der Waals surface area contributed by atoms with Gasteiger partial charge in [-0.05, 0) is 68.8 Å². The Hall–Kier alpha value is -3.80. The van der Waals surface area contributed by atoms with Crippen molar-refractivity contribution in [1.82, 2.24) is 0 Å². The van der Waals surface area contributed by atoms with Crippen LogP contribution in [0.1, 0.15) is 36.7 Å². The zero-order chi connectivity index (χ0) is 22.3. The van der Waals surface area contributed by atoms with Gasteiger partial charge in [-0.15, -0.1) is 0 Å². The van der Waals surface area contributed by atoms with Crippen LogP contribution in [0.2, 0.25) is 0 Å². The van der Waals surface area contributed by atoms with Crippen LogP contribution in [0.3, 0.4) is 0 Å². The number of benzene rings is 3. The first-order valence-corrected chi connectivity index (χ1v) is 9.97. The molecule has 2 N–H and O–H groups in total. The molecule has 0 atom stereocenters. The van der Waals surface area contributed by atoms with E-state index >= 15 is 0 Å². The van der Waals surface area contributed by atoms with Crippen molar-refractivity contribution < 1.29 is 19.1 Å². The largest absolute Gasteiger partial charge is 0.489 e. The molecule has 0 fully saturated rings. The fourth-order valence-corrected chi connectivity index (χ4v) is 2.73. The third-order valence-corrected chi connectivity index (χ3v) is 4.13. The average Bonchev–Trinajstić information content (AvgIpc) is 2.73. The average molecular weight is 418 g/mol. The normalized spacial score (nSPS) is 10.8. The Labute approximate surface area is 182 Å². The van der Waals surface area contributed by atoms with E-state index in [0.717, 1.165) is 5.56 Å². The van der Waals surface area contributed by atoms with Crippen LogP contribution in [0, 0.1) is 0 Å². The van der Waals surface area contributed by atoms with E-state index in [4.69, 9.17) is 9.47 Å². The number of amides is 2. The molecule has 3 rings (SSSR count). The predicted octanol–water partition coefficient (Wildman–Crippen LogP) is 5.86. The monoisotopic (exact) mass is 418 g/mol. The van der Waals surface area contributed by atoms with Crippen molar-refractivity contribution in [2.24, 2.45) is 0 Å². The van der Waals surface area contributed by atoms with E-state index in [0.29, 0.717) is 29.3 Å². The number of carbonyl (C=O) groups is 2. The van der Waals surface area contributed by atoms with E-state index in [1.54, 1.807) is 63.2 Å². The molecule has 160 valence electrons. The van der Waals surface area contributed by atoms with Gasteiger partial charge in [0.05, 0.1) is 0 Å². The Bertz CT molecular complexity index is 1030. The molecular formula is C25H26N2O4. The smallest absolute Gasteiger partial charge is 0.412 e. The van der Waals surface area contributed by atoms with Crippen LogP contribution >= 0.6 is 0 Å². The first-order chi connectivity index (χ1) is 14.8. The summed E-state index contributed by atoms with van der Waals surface area (Å²) < 4.78 is 11.0. The van der Waals surface area contributed by atoms with Gasteiger partial charge in [-0.2, -0.15) is 0 Å². The summed E-state index contributed by atoms with van der Waals surface area (Å²) in [4.78, 5) is 24.4.